The highest BCUT2D eigenvalue weighted by molar-refractivity contribution is 14.1. The SMILES string of the molecule is Clc1nc(I)nc2c1ccn2C1CCC1. The predicted octanol–water partition coefficient (Wildman–Crippen LogP) is 3.41. The molecule has 0 N–H and O–H groups in total. The molecule has 2 heterocycles. The van der Waals surface area contributed by atoms with Gasteiger partial charge in [-0.3, -0.25) is 0 Å². The van der Waals surface area contributed by atoms with E-state index in [1.165, 1.54) is 19.3 Å². The van der Waals surface area contributed by atoms with Crippen LogP contribution in [0.5, 0.6) is 0 Å². The monoisotopic (exact) mass is 333 g/mol. The summed E-state index contributed by atoms with van der Waals surface area (Å²) in [4.78, 5) is 8.60. The molecule has 15 heavy (non-hydrogen) atoms. The van der Waals surface area contributed by atoms with Gasteiger partial charge < -0.3 is 4.57 Å². The number of nitrogens with zero attached hydrogens (tertiary/aromatic N) is 3. The van der Waals surface area contributed by atoms with Crippen molar-refractivity contribution in [3.05, 3.63) is 21.2 Å². The Morgan fingerprint density at radius 3 is 2.87 bits per heavy atom. The largest absolute Gasteiger partial charge is 0.329 e. The molecule has 1 fully saturated rings. The molecule has 2 aromatic rings. The Hall–Kier alpha value is -0.360. The van der Waals surface area contributed by atoms with E-state index in [1.54, 1.807) is 0 Å². The highest BCUT2D eigenvalue weighted by atomic mass is 127. The molecule has 0 atom stereocenters. The van der Waals surface area contributed by atoms with Gasteiger partial charge in [-0.25, -0.2) is 9.97 Å². The fourth-order valence-corrected chi connectivity index (χ4v) is 2.77. The van der Waals surface area contributed by atoms with Crippen LogP contribution in [0.15, 0.2) is 12.3 Å². The number of fused-ring (bicyclic) bond motifs is 1. The molecule has 0 bridgehead atoms. The van der Waals surface area contributed by atoms with E-state index in [9.17, 15) is 0 Å². The van der Waals surface area contributed by atoms with Crippen LogP contribution in [0.3, 0.4) is 0 Å². The van der Waals surface area contributed by atoms with Gasteiger partial charge in [-0.2, -0.15) is 0 Å². The summed E-state index contributed by atoms with van der Waals surface area (Å²) >= 11 is 8.17. The molecular weight excluding hydrogens is 324 g/mol. The quantitative estimate of drug-likeness (QED) is 0.455. The van der Waals surface area contributed by atoms with Gasteiger partial charge in [-0.1, -0.05) is 11.6 Å². The van der Waals surface area contributed by atoms with Crippen LogP contribution < -0.4 is 0 Å². The van der Waals surface area contributed by atoms with Crippen LogP contribution in [0.4, 0.5) is 0 Å². The molecule has 0 radical (unpaired) electrons. The summed E-state index contributed by atoms with van der Waals surface area (Å²) < 4.78 is 2.94. The summed E-state index contributed by atoms with van der Waals surface area (Å²) in [5, 5.41) is 1.52. The maximum absolute atomic E-state index is 6.07. The lowest BCUT2D eigenvalue weighted by molar-refractivity contribution is 0.320. The van der Waals surface area contributed by atoms with Crippen molar-refractivity contribution in [2.75, 3.05) is 0 Å². The van der Waals surface area contributed by atoms with Crippen LogP contribution >= 0.6 is 34.2 Å². The number of halogens is 2. The van der Waals surface area contributed by atoms with Crippen molar-refractivity contribution >= 4 is 45.2 Å². The first-order chi connectivity index (χ1) is 7.25. The summed E-state index contributed by atoms with van der Waals surface area (Å²) in [6.07, 6.45) is 5.90. The lowest BCUT2D eigenvalue weighted by Crippen LogP contribution is -2.16. The molecule has 1 saturated carbocycles. The molecule has 0 saturated heterocycles. The molecule has 1 aliphatic rings. The minimum absolute atomic E-state index is 0.558. The van der Waals surface area contributed by atoms with Crippen LogP contribution in [0.1, 0.15) is 25.3 Å². The molecule has 0 aromatic carbocycles. The Kier molecular flexibility index (Phi) is 2.35. The molecular formula is C10H9ClIN3. The van der Waals surface area contributed by atoms with E-state index in [-0.39, 0.29) is 0 Å². The van der Waals surface area contributed by atoms with Crippen LogP contribution in [-0.2, 0) is 0 Å². The second-order valence-corrected chi connectivity index (χ2v) is 5.15. The van der Waals surface area contributed by atoms with Crippen LogP contribution in [0.25, 0.3) is 11.0 Å². The Morgan fingerprint density at radius 1 is 1.40 bits per heavy atom. The van der Waals surface area contributed by atoms with Gasteiger partial charge in [0.1, 0.15) is 10.8 Å². The second kappa shape index (κ2) is 3.59. The third kappa shape index (κ3) is 1.54. The van der Waals surface area contributed by atoms with E-state index in [4.69, 9.17) is 11.6 Å². The van der Waals surface area contributed by atoms with Gasteiger partial charge in [0.25, 0.3) is 0 Å². The average Bonchev–Trinajstić information content (AvgIpc) is 2.46. The number of hydrogen-bond acceptors (Lipinski definition) is 2. The summed E-state index contributed by atoms with van der Waals surface area (Å²) in [6, 6.07) is 2.62. The molecule has 78 valence electrons. The lowest BCUT2D eigenvalue weighted by Gasteiger charge is -2.27. The molecule has 1 aliphatic carbocycles. The molecule has 2 aromatic heterocycles. The van der Waals surface area contributed by atoms with E-state index in [1.807, 2.05) is 6.07 Å². The maximum Gasteiger partial charge on any atom is 0.194 e. The van der Waals surface area contributed by atoms with Crippen molar-refractivity contribution in [3.63, 3.8) is 0 Å². The standard InChI is InChI=1S/C10H9ClIN3/c11-8-7-4-5-15(6-2-1-3-6)9(7)14-10(12)13-8/h4-6H,1-3H2. The van der Waals surface area contributed by atoms with Crippen molar-refractivity contribution in [1.82, 2.24) is 14.5 Å². The zero-order valence-corrected chi connectivity index (χ0v) is 10.9. The number of hydrogen-bond donors (Lipinski definition) is 0. The fourth-order valence-electron chi connectivity index (χ4n) is 1.93. The predicted molar refractivity (Wildman–Crippen MR) is 68.1 cm³/mol. The van der Waals surface area contributed by atoms with E-state index in [0.29, 0.717) is 15.0 Å². The normalized spacial score (nSPS) is 16.9. The van der Waals surface area contributed by atoms with E-state index < -0.39 is 0 Å². The van der Waals surface area contributed by atoms with Crippen molar-refractivity contribution in [1.29, 1.82) is 0 Å². The zero-order valence-electron chi connectivity index (χ0n) is 7.95. The first-order valence-corrected chi connectivity index (χ1v) is 6.41. The summed E-state index contributed by atoms with van der Waals surface area (Å²) in [5.41, 5.74) is 0.976. The van der Waals surface area contributed by atoms with Gasteiger partial charge in [0.15, 0.2) is 3.83 Å². The Balaban J connectivity index is 2.23. The molecule has 0 amide bonds. The molecule has 0 spiro atoms. The fraction of sp³-hybridized carbons (Fsp3) is 0.400. The molecule has 0 aliphatic heterocycles. The average molecular weight is 334 g/mol. The van der Waals surface area contributed by atoms with Crippen molar-refractivity contribution in [2.24, 2.45) is 0 Å². The maximum atomic E-state index is 6.07. The Labute approximate surface area is 106 Å². The Bertz CT molecular complexity index is 519. The van der Waals surface area contributed by atoms with Gasteiger partial charge in [0.2, 0.25) is 0 Å². The first kappa shape index (κ1) is 9.84. The second-order valence-electron chi connectivity index (χ2n) is 3.83. The Morgan fingerprint density at radius 2 is 2.20 bits per heavy atom. The lowest BCUT2D eigenvalue weighted by atomic mass is 9.93. The van der Waals surface area contributed by atoms with Crippen LogP contribution in [-0.4, -0.2) is 14.5 Å². The van der Waals surface area contributed by atoms with Crippen LogP contribution in [0, 0.1) is 3.83 Å². The van der Waals surface area contributed by atoms with Crippen molar-refractivity contribution in [3.8, 4) is 0 Å². The topological polar surface area (TPSA) is 30.7 Å². The van der Waals surface area contributed by atoms with Crippen LogP contribution in [0.2, 0.25) is 5.15 Å². The van der Waals surface area contributed by atoms with Gasteiger partial charge in [0, 0.05) is 34.8 Å². The van der Waals surface area contributed by atoms with Gasteiger partial charge in [-0.05, 0) is 25.3 Å². The molecule has 3 nitrogen and oxygen atoms in total. The molecule has 0 unspecified atom stereocenters. The number of aromatic nitrogens is 3. The molecule has 3 rings (SSSR count). The van der Waals surface area contributed by atoms with Gasteiger partial charge in [-0.15, -0.1) is 0 Å². The highest BCUT2D eigenvalue weighted by Crippen LogP contribution is 2.35. The first-order valence-electron chi connectivity index (χ1n) is 4.95. The third-order valence-electron chi connectivity index (χ3n) is 2.97. The minimum atomic E-state index is 0.558. The van der Waals surface area contributed by atoms with Gasteiger partial charge in [0.05, 0.1) is 5.39 Å². The van der Waals surface area contributed by atoms with Crippen molar-refractivity contribution < 1.29 is 0 Å². The minimum Gasteiger partial charge on any atom is -0.329 e. The van der Waals surface area contributed by atoms with E-state index in [0.717, 1.165) is 11.0 Å². The smallest absolute Gasteiger partial charge is 0.194 e. The zero-order chi connectivity index (χ0) is 10.4. The van der Waals surface area contributed by atoms with Gasteiger partial charge >= 0.3 is 0 Å². The summed E-state index contributed by atoms with van der Waals surface area (Å²) in [6.45, 7) is 0. The molecule has 5 heteroatoms. The van der Waals surface area contributed by atoms with E-state index in [2.05, 4.69) is 43.3 Å². The highest BCUT2D eigenvalue weighted by Gasteiger charge is 2.21. The third-order valence-corrected chi connectivity index (χ3v) is 3.74. The number of rotatable bonds is 1. The summed E-state index contributed by atoms with van der Waals surface area (Å²) in [5.74, 6) is 0. The van der Waals surface area contributed by atoms with Crippen molar-refractivity contribution in [2.45, 2.75) is 25.3 Å². The van der Waals surface area contributed by atoms with E-state index >= 15 is 0 Å². The summed E-state index contributed by atoms with van der Waals surface area (Å²) in [7, 11) is 0.